The van der Waals surface area contributed by atoms with Gasteiger partial charge in [0.25, 0.3) is 0 Å². The van der Waals surface area contributed by atoms with Crippen LogP contribution in [0.25, 0.3) is 0 Å². The monoisotopic (exact) mass is 299 g/mol. The quantitative estimate of drug-likeness (QED) is 0.747. The summed E-state index contributed by atoms with van der Waals surface area (Å²) in [7, 11) is 0. The molecule has 2 nitrogen and oxygen atoms in total. The number of hydrogen-bond acceptors (Lipinski definition) is 3. The summed E-state index contributed by atoms with van der Waals surface area (Å²) in [4.78, 5) is 15.5. The number of Topliss-reactive ketones (excluding diaryl/α,β-unsaturated/α-hetero) is 1. The molecule has 0 N–H and O–H groups in total. The van der Waals surface area contributed by atoms with E-state index < -0.39 is 0 Å². The van der Waals surface area contributed by atoms with Crippen LogP contribution < -0.4 is 0 Å². The average molecular weight is 300 g/mol. The Hall–Kier alpha value is -0.380. The number of likely N-dealkylation sites (tertiary alicyclic amines) is 1. The third kappa shape index (κ3) is 3.80. The lowest BCUT2D eigenvalue weighted by Crippen LogP contribution is -2.43. The molecule has 1 aromatic rings. The molecule has 0 bridgehead atoms. The van der Waals surface area contributed by atoms with Crippen molar-refractivity contribution in [3.05, 3.63) is 21.3 Å². The van der Waals surface area contributed by atoms with Crippen molar-refractivity contribution in [1.82, 2.24) is 4.90 Å². The van der Waals surface area contributed by atoms with Crippen LogP contribution in [0, 0.1) is 5.92 Å². The molecule has 4 heteroatoms. The van der Waals surface area contributed by atoms with Crippen molar-refractivity contribution >= 4 is 28.7 Å². The molecule has 1 aliphatic heterocycles. The lowest BCUT2D eigenvalue weighted by atomic mass is 9.91. The summed E-state index contributed by atoms with van der Waals surface area (Å²) in [5.41, 5.74) is 0. The van der Waals surface area contributed by atoms with Gasteiger partial charge in [-0.2, -0.15) is 0 Å². The Morgan fingerprint density at radius 1 is 1.47 bits per heavy atom. The predicted octanol–water partition coefficient (Wildman–Crippen LogP) is 4.48. The van der Waals surface area contributed by atoms with Gasteiger partial charge in [-0.15, -0.1) is 11.3 Å². The van der Waals surface area contributed by atoms with Crippen LogP contribution in [0.3, 0.4) is 0 Å². The molecule has 2 heterocycles. The summed E-state index contributed by atoms with van der Waals surface area (Å²) in [5.74, 6) is 1.07. The summed E-state index contributed by atoms with van der Waals surface area (Å²) in [6, 6.07) is 3.63. The molecule has 0 amide bonds. The topological polar surface area (TPSA) is 20.3 Å². The maximum atomic E-state index is 12.4. The molecule has 0 radical (unpaired) electrons. The molecule has 19 heavy (non-hydrogen) atoms. The highest BCUT2D eigenvalue weighted by molar-refractivity contribution is 7.18. The van der Waals surface area contributed by atoms with E-state index in [0.717, 1.165) is 23.9 Å². The standard InChI is InChI=1S/C15H22ClNOS/c1-3-4-12-7-9-17(10-8-12)11(2)15(18)13-5-6-14(16)19-13/h5-6,11-12H,3-4,7-10H2,1-2H3. The van der Waals surface area contributed by atoms with E-state index in [4.69, 9.17) is 11.6 Å². The molecule has 1 atom stereocenters. The van der Waals surface area contributed by atoms with Crippen molar-refractivity contribution in [3.8, 4) is 0 Å². The van der Waals surface area contributed by atoms with E-state index in [1.807, 2.05) is 13.0 Å². The first-order valence-electron chi connectivity index (χ1n) is 7.15. The molecular formula is C15H22ClNOS. The normalized spacial score (nSPS) is 19.5. The van der Waals surface area contributed by atoms with Crippen molar-refractivity contribution in [1.29, 1.82) is 0 Å². The van der Waals surface area contributed by atoms with E-state index in [0.29, 0.717) is 4.34 Å². The van der Waals surface area contributed by atoms with Crippen LogP contribution in [0.1, 0.15) is 49.2 Å². The van der Waals surface area contributed by atoms with Gasteiger partial charge in [-0.3, -0.25) is 9.69 Å². The maximum Gasteiger partial charge on any atom is 0.189 e. The smallest absolute Gasteiger partial charge is 0.189 e. The molecule has 0 aromatic carbocycles. The summed E-state index contributed by atoms with van der Waals surface area (Å²) >= 11 is 7.29. The summed E-state index contributed by atoms with van der Waals surface area (Å²) in [6.07, 6.45) is 5.07. The molecule has 2 rings (SSSR count). The molecule has 1 aromatic heterocycles. The van der Waals surface area contributed by atoms with Crippen LogP contribution in [0.15, 0.2) is 12.1 Å². The number of piperidine rings is 1. The third-order valence-electron chi connectivity index (χ3n) is 4.09. The maximum absolute atomic E-state index is 12.4. The largest absolute Gasteiger partial charge is 0.293 e. The highest BCUT2D eigenvalue weighted by Gasteiger charge is 2.27. The Labute approximate surface area is 124 Å². The van der Waals surface area contributed by atoms with E-state index >= 15 is 0 Å². The van der Waals surface area contributed by atoms with Crippen LogP contribution in [0.2, 0.25) is 4.34 Å². The first-order valence-corrected chi connectivity index (χ1v) is 8.35. The molecule has 0 saturated carbocycles. The zero-order chi connectivity index (χ0) is 13.8. The Morgan fingerprint density at radius 2 is 2.16 bits per heavy atom. The van der Waals surface area contributed by atoms with Gasteiger partial charge in [0.2, 0.25) is 0 Å². The minimum Gasteiger partial charge on any atom is -0.293 e. The van der Waals surface area contributed by atoms with E-state index in [-0.39, 0.29) is 11.8 Å². The Balaban J connectivity index is 1.90. The van der Waals surface area contributed by atoms with Crippen LogP contribution in [-0.2, 0) is 0 Å². The van der Waals surface area contributed by atoms with E-state index in [9.17, 15) is 4.79 Å². The molecule has 106 valence electrons. The van der Waals surface area contributed by atoms with E-state index in [1.165, 1.54) is 37.0 Å². The predicted molar refractivity (Wildman–Crippen MR) is 82.3 cm³/mol. The Kier molecular flexibility index (Phi) is 5.43. The number of carbonyl (C=O) groups excluding carboxylic acids is 1. The van der Waals surface area contributed by atoms with Gasteiger partial charge in [0, 0.05) is 0 Å². The molecule has 1 fully saturated rings. The van der Waals surface area contributed by atoms with Gasteiger partial charge in [-0.25, -0.2) is 0 Å². The first kappa shape index (κ1) is 15.0. The fourth-order valence-electron chi connectivity index (χ4n) is 2.86. The minimum absolute atomic E-state index is 0.0164. The van der Waals surface area contributed by atoms with Crippen molar-refractivity contribution < 1.29 is 4.79 Å². The van der Waals surface area contributed by atoms with Gasteiger partial charge < -0.3 is 0 Å². The molecule has 0 aliphatic carbocycles. The second kappa shape index (κ2) is 6.87. The molecule has 1 unspecified atom stereocenters. The van der Waals surface area contributed by atoms with Gasteiger partial charge in [0.1, 0.15) is 0 Å². The van der Waals surface area contributed by atoms with Crippen LogP contribution in [-0.4, -0.2) is 29.8 Å². The second-order valence-corrected chi connectivity index (χ2v) is 7.13. The fraction of sp³-hybridized carbons (Fsp3) is 0.667. The van der Waals surface area contributed by atoms with Crippen LogP contribution >= 0.6 is 22.9 Å². The second-order valence-electron chi connectivity index (χ2n) is 5.41. The number of nitrogens with zero attached hydrogens (tertiary/aromatic N) is 1. The summed E-state index contributed by atoms with van der Waals surface area (Å²) < 4.78 is 0.692. The number of rotatable bonds is 5. The van der Waals surface area contributed by atoms with Crippen molar-refractivity contribution in [2.45, 2.75) is 45.6 Å². The van der Waals surface area contributed by atoms with Crippen LogP contribution in [0.4, 0.5) is 0 Å². The minimum atomic E-state index is -0.0164. The van der Waals surface area contributed by atoms with E-state index in [2.05, 4.69) is 11.8 Å². The number of hydrogen-bond donors (Lipinski definition) is 0. The number of thiophene rings is 1. The first-order chi connectivity index (χ1) is 9.11. The van der Waals surface area contributed by atoms with Gasteiger partial charge >= 0.3 is 0 Å². The number of halogens is 1. The SMILES string of the molecule is CCCC1CCN(C(C)C(=O)c2ccc(Cl)s2)CC1. The highest BCUT2D eigenvalue weighted by Crippen LogP contribution is 2.26. The Bertz CT molecular complexity index is 424. The number of ketones is 1. The molecule has 0 spiro atoms. The van der Waals surface area contributed by atoms with Gasteiger partial charge in [0.05, 0.1) is 15.3 Å². The lowest BCUT2D eigenvalue weighted by molar-refractivity contribution is 0.0770. The average Bonchev–Trinajstić information content (AvgIpc) is 2.85. The van der Waals surface area contributed by atoms with Crippen molar-refractivity contribution in [3.63, 3.8) is 0 Å². The lowest BCUT2D eigenvalue weighted by Gasteiger charge is -2.35. The van der Waals surface area contributed by atoms with E-state index in [1.54, 1.807) is 6.07 Å². The van der Waals surface area contributed by atoms with Crippen molar-refractivity contribution in [2.75, 3.05) is 13.1 Å². The highest BCUT2D eigenvalue weighted by atomic mass is 35.5. The summed E-state index contributed by atoms with van der Waals surface area (Å²) in [5, 5.41) is 0. The van der Waals surface area contributed by atoms with Crippen LogP contribution in [0.5, 0.6) is 0 Å². The van der Waals surface area contributed by atoms with Gasteiger partial charge in [-0.1, -0.05) is 31.4 Å². The molecule has 1 aliphatic rings. The number of carbonyl (C=O) groups is 1. The van der Waals surface area contributed by atoms with Crippen molar-refractivity contribution in [2.24, 2.45) is 5.92 Å². The zero-order valence-electron chi connectivity index (χ0n) is 11.7. The zero-order valence-corrected chi connectivity index (χ0v) is 13.3. The Morgan fingerprint density at radius 3 is 2.68 bits per heavy atom. The summed E-state index contributed by atoms with van der Waals surface area (Å²) in [6.45, 7) is 6.38. The van der Waals surface area contributed by atoms with Gasteiger partial charge in [0.15, 0.2) is 5.78 Å². The van der Waals surface area contributed by atoms with Gasteiger partial charge in [-0.05, 0) is 50.9 Å². The molecule has 1 saturated heterocycles. The molecular weight excluding hydrogens is 278 g/mol. The fourth-order valence-corrected chi connectivity index (χ4v) is 3.92. The third-order valence-corrected chi connectivity index (χ3v) is 5.33.